The molecule has 0 unspecified atom stereocenters. The predicted octanol–water partition coefficient (Wildman–Crippen LogP) is 1.47. The number of halogens is 1. The fourth-order valence-corrected chi connectivity index (χ4v) is 2.46. The van der Waals surface area contributed by atoms with Crippen molar-refractivity contribution in [2.24, 2.45) is 0 Å². The van der Waals surface area contributed by atoms with E-state index in [9.17, 15) is 8.42 Å². The van der Waals surface area contributed by atoms with Crippen LogP contribution >= 0.6 is 11.6 Å². The Morgan fingerprint density at radius 3 is 2.08 bits per heavy atom. The van der Waals surface area contributed by atoms with Gasteiger partial charge in [-0.1, -0.05) is 0 Å². The molecule has 13 heavy (non-hydrogen) atoms. The van der Waals surface area contributed by atoms with Gasteiger partial charge in [0.05, 0.1) is 4.75 Å². The minimum absolute atomic E-state index is 0.0479. The van der Waals surface area contributed by atoms with Crippen LogP contribution in [0.3, 0.4) is 0 Å². The molecule has 1 aliphatic carbocycles. The molecule has 0 spiro atoms. The molecule has 3 nitrogen and oxygen atoms in total. The van der Waals surface area contributed by atoms with E-state index in [1.165, 1.54) is 0 Å². The van der Waals surface area contributed by atoms with Crippen LogP contribution in [0.4, 0.5) is 0 Å². The first-order chi connectivity index (χ1) is 5.72. The van der Waals surface area contributed by atoms with Gasteiger partial charge in [0, 0.05) is 11.4 Å². The summed E-state index contributed by atoms with van der Waals surface area (Å²) in [4.78, 5) is 0. The third-order valence-electron chi connectivity index (χ3n) is 2.21. The van der Waals surface area contributed by atoms with Gasteiger partial charge in [-0.3, -0.25) is 0 Å². The van der Waals surface area contributed by atoms with Crippen molar-refractivity contribution in [3.05, 3.63) is 0 Å². The molecular formula is C8H16ClNO2S. The molecule has 1 N–H and O–H groups in total. The molecule has 1 rings (SSSR count). The molecular weight excluding hydrogens is 210 g/mol. The van der Waals surface area contributed by atoms with Crippen molar-refractivity contribution >= 4 is 21.6 Å². The van der Waals surface area contributed by atoms with E-state index in [-0.39, 0.29) is 11.4 Å². The van der Waals surface area contributed by atoms with E-state index in [4.69, 9.17) is 11.6 Å². The quantitative estimate of drug-likeness (QED) is 0.724. The summed E-state index contributed by atoms with van der Waals surface area (Å²) in [7, 11) is -3.19. The topological polar surface area (TPSA) is 46.2 Å². The molecule has 0 aliphatic heterocycles. The molecule has 0 radical (unpaired) electrons. The second-order valence-corrected chi connectivity index (χ2v) is 7.58. The Kier molecular flexibility index (Phi) is 2.95. The number of hydrogen-bond acceptors (Lipinski definition) is 2. The number of sulfonamides is 1. The SMILES string of the molecule is CC(C)(C)S(=O)(=O)NC1CC(Cl)C1. The van der Waals surface area contributed by atoms with Crippen molar-refractivity contribution in [2.75, 3.05) is 0 Å². The molecule has 1 saturated carbocycles. The lowest BCUT2D eigenvalue weighted by atomic mass is 9.94. The second-order valence-electron chi connectivity index (χ2n) is 4.50. The molecule has 0 aromatic carbocycles. The predicted molar refractivity (Wildman–Crippen MR) is 54.5 cm³/mol. The number of hydrogen-bond donors (Lipinski definition) is 1. The Morgan fingerprint density at radius 1 is 1.31 bits per heavy atom. The molecule has 78 valence electrons. The molecule has 5 heteroatoms. The highest BCUT2D eigenvalue weighted by molar-refractivity contribution is 7.90. The van der Waals surface area contributed by atoms with Gasteiger partial charge in [-0.25, -0.2) is 13.1 Å². The highest BCUT2D eigenvalue weighted by Crippen LogP contribution is 2.27. The van der Waals surface area contributed by atoms with E-state index < -0.39 is 14.8 Å². The molecule has 0 aromatic rings. The zero-order valence-electron chi connectivity index (χ0n) is 8.17. The lowest BCUT2D eigenvalue weighted by molar-refractivity contribution is 0.386. The number of alkyl halides is 1. The van der Waals surface area contributed by atoms with Crippen molar-refractivity contribution in [1.29, 1.82) is 0 Å². The van der Waals surface area contributed by atoms with Gasteiger partial charge >= 0.3 is 0 Å². The van der Waals surface area contributed by atoms with E-state index in [2.05, 4.69) is 4.72 Å². The third-order valence-corrected chi connectivity index (χ3v) is 4.82. The molecule has 1 fully saturated rings. The zero-order chi connectivity index (χ0) is 10.3. The molecule has 0 saturated heterocycles. The van der Waals surface area contributed by atoms with E-state index in [1.807, 2.05) is 0 Å². The Morgan fingerprint density at radius 2 is 1.77 bits per heavy atom. The minimum Gasteiger partial charge on any atom is -0.212 e. The maximum atomic E-state index is 11.6. The van der Waals surface area contributed by atoms with Gasteiger partial charge in [0.1, 0.15) is 0 Å². The van der Waals surface area contributed by atoms with Gasteiger partial charge in [-0.2, -0.15) is 0 Å². The standard InChI is InChI=1S/C8H16ClNO2S/c1-8(2,3)13(11,12)10-7-4-6(9)5-7/h6-7,10H,4-5H2,1-3H3. The summed E-state index contributed by atoms with van der Waals surface area (Å²) in [6.07, 6.45) is 1.49. The van der Waals surface area contributed by atoms with Gasteiger partial charge in [0.15, 0.2) is 0 Å². The largest absolute Gasteiger partial charge is 0.216 e. The van der Waals surface area contributed by atoms with E-state index >= 15 is 0 Å². The first kappa shape index (κ1) is 11.3. The molecule has 1 aliphatic rings. The minimum atomic E-state index is -3.19. The second kappa shape index (κ2) is 3.41. The summed E-state index contributed by atoms with van der Waals surface area (Å²) < 4.78 is 25.1. The smallest absolute Gasteiger partial charge is 0.212 e. The first-order valence-corrected chi connectivity index (χ1v) is 6.30. The Balaban J connectivity index is 2.54. The monoisotopic (exact) mass is 225 g/mol. The Hall–Kier alpha value is 0.200. The van der Waals surface area contributed by atoms with Crippen LogP contribution in [0.15, 0.2) is 0 Å². The highest BCUT2D eigenvalue weighted by Gasteiger charge is 2.36. The van der Waals surface area contributed by atoms with Crippen molar-refractivity contribution in [3.8, 4) is 0 Å². The molecule has 0 bridgehead atoms. The lowest BCUT2D eigenvalue weighted by Gasteiger charge is -2.33. The van der Waals surface area contributed by atoms with Gasteiger partial charge in [-0.05, 0) is 33.6 Å². The zero-order valence-corrected chi connectivity index (χ0v) is 9.74. The maximum Gasteiger partial charge on any atom is 0.216 e. The van der Waals surface area contributed by atoms with Crippen LogP contribution in [0.2, 0.25) is 0 Å². The van der Waals surface area contributed by atoms with Crippen LogP contribution in [-0.2, 0) is 10.0 Å². The molecule has 0 atom stereocenters. The van der Waals surface area contributed by atoms with E-state index in [0.717, 1.165) is 12.8 Å². The maximum absolute atomic E-state index is 11.6. The highest BCUT2D eigenvalue weighted by atomic mass is 35.5. The van der Waals surface area contributed by atoms with Crippen LogP contribution in [-0.4, -0.2) is 24.6 Å². The summed E-state index contributed by atoms with van der Waals surface area (Å²) in [6.45, 7) is 5.06. The number of nitrogens with one attached hydrogen (secondary N) is 1. The fraction of sp³-hybridized carbons (Fsp3) is 1.00. The van der Waals surface area contributed by atoms with Crippen LogP contribution in [0.5, 0.6) is 0 Å². The van der Waals surface area contributed by atoms with Crippen LogP contribution in [0.25, 0.3) is 0 Å². The average Bonchev–Trinajstić information content (AvgIpc) is 1.80. The normalized spacial score (nSPS) is 29.8. The van der Waals surface area contributed by atoms with Crippen molar-refractivity contribution in [1.82, 2.24) is 4.72 Å². The third kappa shape index (κ3) is 2.58. The summed E-state index contributed by atoms with van der Waals surface area (Å²) in [5, 5.41) is 0.146. The average molecular weight is 226 g/mol. The van der Waals surface area contributed by atoms with Gasteiger partial charge in [0.25, 0.3) is 0 Å². The van der Waals surface area contributed by atoms with Crippen LogP contribution < -0.4 is 4.72 Å². The van der Waals surface area contributed by atoms with Crippen LogP contribution in [0.1, 0.15) is 33.6 Å². The molecule has 0 aromatic heterocycles. The van der Waals surface area contributed by atoms with Crippen molar-refractivity contribution < 1.29 is 8.42 Å². The van der Waals surface area contributed by atoms with Crippen molar-refractivity contribution in [3.63, 3.8) is 0 Å². The van der Waals surface area contributed by atoms with Crippen molar-refractivity contribution in [2.45, 2.75) is 49.8 Å². The summed E-state index contributed by atoms with van der Waals surface area (Å²) in [6, 6.07) is 0.0479. The fourth-order valence-electron chi connectivity index (χ4n) is 1.04. The van der Waals surface area contributed by atoms with Gasteiger partial charge in [-0.15, -0.1) is 11.6 Å². The van der Waals surface area contributed by atoms with Crippen LogP contribution in [0, 0.1) is 0 Å². The summed E-state index contributed by atoms with van der Waals surface area (Å²) >= 11 is 5.75. The molecule has 0 heterocycles. The van der Waals surface area contributed by atoms with E-state index in [1.54, 1.807) is 20.8 Å². The lowest BCUT2D eigenvalue weighted by Crippen LogP contribution is -2.50. The Bertz CT molecular complexity index is 275. The summed E-state index contributed by atoms with van der Waals surface area (Å²) in [5.41, 5.74) is 0. The van der Waals surface area contributed by atoms with E-state index in [0.29, 0.717) is 0 Å². The Labute approximate surface area is 84.9 Å². The van der Waals surface area contributed by atoms with Gasteiger partial charge in [0.2, 0.25) is 10.0 Å². The number of rotatable bonds is 2. The van der Waals surface area contributed by atoms with Gasteiger partial charge < -0.3 is 0 Å². The summed E-state index contributed by atoms with van der Waals surface area (Å²) in [5.74, 6) is 0. The molecule has 0 amide bonds. The first-order valence-electron chi connectivity index (χ1n) is 4.38.